The van der Waals surface area contributed by atoms with Crippen LogP contribution in [0.2, 0.25) is 0 Å². The molecule has 1 atom stereocenters. The van der Waals surface area contributed by atoms with Crippen LogP contribution in [-0.4, -0.2) is 30.5 Å². The molecule has 0 bridgehead atoms. The average molecular weight is 314 g/mol. The van der Waals surface area contributed by atoms with E-state index in [1.54, 1.807) is 0 Å². The molecule has 1 unspecified atom stereocenters. The first-order chi connectivity index (χ1) is 8.61. The first-order valence-corrected chi connectivity index (χ1v) is 7.18. The van der Waals surface area contributed by atoms with E-state index in [2.05, 4.69) is 34.2 Å². The van der Waals surface area contributed by atoms with Gasteiger partial charge in [-0.2, -0.15) is 0 Å². The lowest BCUT2D eigenvalue weighted by atomic mass is 9.94. The van der Waals surface area contributed by atoms with Gasteiger partial charge in [-0.05, 0) is 18.6 Å². The Labute approximate surface area is 117 Å². The predicted molar refractivity (Wildman–Crippen MR) is 75.6 cm³/mol. The molecule has 0 aliphatic carbocycles. The molecule has 1 aliphatic rings. The predicted octanol–water partition coefficient (Wildman–Crippen LogP) is 2.64. The van der Waals surface area contributed by atoms with Crippen LogP contribution in [0.3, 0.4) is 0 Å². The van der Waals surface area contributed by atoms with Gasteiger partial charge < -0.3 is 15.2 Å². The lowest BCUT2D eigenvalue weighted by molar-refractivity contribution is -0.0626. The Hall–Kier alpha value is -0.420. The van der Waals surface area contributed by atoms with Gasteiger partial charge in [-0.25, -0.2) is 0 Å². The van der Waals surface area contributed by atoms with Crippen molar-refractivity contribution in [2.75, 3.05) is 19.8 Å². The Morgan fingerprint density at radius 2 is 2.06 bits per heavy atom. The van der Waals surface area contributed by atoms with E-state index in [4.69, 9.17) is 4.74 Å². The maximum atomic E-state index is 10.4. The molecule has 1 heterocycles. The van der Waals surface area contributed by atoms with E-state index < -0.39 is 5.60 Å². The summed E-state index contributed by atoms with van der Waals surface area (Å²) in [7, 11) is 0. The summed E-state index contributed by atoms with van der Waals surface area (Å²) in [5.74, 6) is 0. The molecule has 2 rings (SSSR count). The number of benzene rings is 1. The molecular weight excluding hydrogens is 294 g/mol. The largest absolute Gasteiger partial charge is 0.388 e. The first-order valence-electron chi connectivity index (χ1n) is 6.39. The summed E-state index contributed by atoms with van der Waals surface area (Å²) in [4.78, 5) is 0. The van der Waals surface area contributed by atoms with E-state index >= 15 is 0 Å². The summed E-state index contributed by atoms with van der Waals surface area (Å²) in [6.07, 6.45) is 1.42. The van der Waals surface area contributed by atoms with Gasteiger partial charge in [0.1, 0.15) is 0 Å². The number of ether oxygens (including phenoxy) is 1. The molecule has 100 valence electrons. The third kappa shape index (κ3) is 3.54. The Balaban J connectivity index is 1.92. The van der Waals surface area contributed by atoms with Gasteiger partial charge in [-0.1, -0.05) is 34.1 Å². The number of halogens is 1. The smallest absolute Gasteiger partial charge is 0.0815 e. The minimum atomic E-state index is -0.617. The van der Waals surface area contributed by atoms with Crippen LogP contribution < -0.4 is 5.32 Å². The maximum absolute atomic E-state index is 10.4. The fourth-order valence-electron chi connectivity index (χ4n) is 2.21. The molecule has 1 fully saturated rings. The molecule has 0 amide bonds. The van der Waals surface area contributed by atoms with E-state index in [1.807, 2.05) is 18.2 Å². The molecule has 1 aromatic carbocycles. The van der Waals surface area contributed by atoms with Crippen LogP contribution in [0.15, 0.2) is 28.7 Å². The second kappa shape index (κ2) is 6.15. The topological polar surface area (TPSA) is 41.5 Å². The minimum Gasteiger partial charge on any atom is -0.388 e. The van der Waals surface area contributed by atoms with Gasteiger partial charge in [-0.3, -0.25) is 0 Å². The molecule has 18 heavy (non-hydrogen) atoms. The molecule has 0 aromatic heterocycles. The van der Waals surface area contributed by atoms with Crippen molar-refractivity contribution in [3.63, 3.8) is 0 Å². The van der Waals surface area contributed by atoms with Crippen LogP contribution in [0, 0.1) is 0 Å². The molecule has 2 N–H and O–H groups in total. The van der Waals surface area contributed by atoms with Gasteiger partial charge in [0.25, 0.3) is 0 Å². The van der Waals surface area contributed by atoms with Crippen LogP contribution in [-0.2, 0) is 4.74 Å². The fraction of sp³-hybridized carbons (Fsp3) is 0.571. The highest BCUT2D eigenvalue weighted by atomic mass is 79.9. The highest BCUT2D eigenvalue weighted by Crippen LogP contribution is 2.25. The summed E-state index contributed by atoms with van der Waals surface area (Å²) in [6, 6.07) is 8.38. The zero-order chi connectivity index (χ0) is 13.0. The van der Waals surface area contributed by atoms with Crippen molar-refractivity contribution < 1.29 is 9.84 Å². The number of aliphatic hydroxyl groups is 1. The Bertz CT molecular complexity index is 391. The molecule has 0 saturated carbocycles. The van der Waals surface area contributed by atoms with E-state index in [0.29, 0.717) is 32.6 Å². The van der Waals surface area contributed by atoms with Gasteiger partial charge in [0.05, 0.1) is 5.60 Å². The van der Waals surface area contributed by atoms with Gasteiger partial charge in [0.2, 0.25) is 0 Å². The molecule has 1 aliphatic heterocycles. The van der Waals surface area contributed by atoms with Crippen molar-refractivity contribution in [1.82, 2.24) is 5.32 Å². The lowest BCUT2D eigenvalue weighted by Gasteiger charge is -2.33. The number of hydrogen-bond donors (Lipinski definition) is 2. The Kier molecular flexibility index (Phi) is 4.78. The lowest BCUT2D eigenvalue weighted by Crippen LogP contribution is -2.45. The van der Waals surface area contributed by atoms with Crippen molar-refractivity contribution in [3.05, 3.63) is 34.3 Å². The number of hydrogen-bond acceptors (Lipinski definition) is 3. The van der Waals surface area contributed by atoms with Crippen LogP contribution in [0.5, 0.6) is 0 Å². The highest BCUT2D eigenvalue weighted by molar-refractivity contribution is 9.10. The standard InChI is InChI=1S/C14H20BrNO2/c1-11(12-4-2-3-5-13(12)15)16-10-14(17)6-8-18-9-7-14/h2-5,11,16-17H,6-10H2,1H3. The minimum absolute atomic E-state index is 0.215. The zero-order valence-corrected chi connectivity index (χ0v) is 12.2. The molecule has 1 saturated heterocycles. The second-order valence-corrected chi connectivity index (χ2v) is 5.82. The monoisotopic (exact) mass is 313 g/mol. The maximum Gasteiger partial charge on any atom is 0.0815 e. The third-order valence-electron chi connectivity index (χ3n) is 3.53. The number of nitrogens with one attached hydrogen (secondary N) is 1. The van der Waals surface area contributed by atoms with Gasteiger partial charge in [0.15, 0.2) is 0 Å². The van der Waals surface area contributed by atoms with Gasteiger partial charge in [0, 0.05) is 43.1 Å². The Morgan fingerprint density at radius 3 is 2.72 bits per heavy atom. The fourth-order valence-corrected chi connectivity index (χ4v) is 2.84. The normalized spacial score (nSPS) is 20.6. The van der Waals surface area contributed by atoms with Crippen LogP contribution in [0.4, 0.5) is 0 Å². The molecule has 3 nitrogen and oxygen atoms in total. The quantitative estimate of drug-likeness (QED) is 0.898. The van der Waals surface area contributed by atoms with Crippen molar-refractivity contribution >= 4 is 15.9 Å². The summed E-state index contributed by atoms with van der Waals surface area (Å²) in [6.45, 7) is 4.03. The van der Waals surface area contributed by atoms with E-state index in [9.17, 15) is 5.11 Å². The Morgan fingerprint density at radius 1 is 1.39 bits per heavy atom. The van der Waals surface area contributed by atoms with E-state index in [0.717, 1.165) is 4.47 Å². The summed E-state index contributed by atoms with van der Waals surface area (Å²) in [5, 5.41) is 13.8. The molecule has 4 heteroatoms. The molecule has 1 aromatic rings. The molecular formula is C14H20BrNO2. The first kappa shape index (κ1) is 14.0. The van der Waals surface area contributed by atoms with Crippen LogP contribution in [0.1, 0.15) is 31.4 Å². The van der Waals surface area contributed by atoms with Gasteiger partial charge >= 0.3 is 0 Å². The SMILES string of the molecule is CC(NCC1(O)CCOCC1)c1ccccc1Br. The van der Waals surface area contributed by atoms with Crippen molar-refractivity contribution in [3.8, 4) is 0 Å². The van der Waals surface area contributed by atoms with E-state index in [-0.39, 0.29) is 6.04 Å². The van der Waals surface area contributed by atoms with Crippen molar-refractivity contribution in [1.29, 1.82) is 0 Å². The van der Waals surface area contributed by atoms with Crippen LogP contribution in [0.25, 0.3) is 0 Å². The average Bonchev–Trinajstić information content (AvgIpc) is 2.38. The summed E-state index contributed by atoms with van der Waals surface area (Å²) >= 11 is 3.55. The molecule has 0 spiro atoms. The van der Waals surface area contributed by atoms with Gasteiger partial charge in [-0.15, -0.1) is 0 Å². The van der Waals surface area contributed by atoms with Crippen molar-refractivity contribution in [2.45, 2.75) is 31.4 Å². The molecule has 0 radical (unpaired) electrons. The second-order valence-electron chi connectivity index (χ2n) is 4.96. The number of rotatable bonds is 4. The third-order valence-corrected chi connectivity index (χ3v) is 4.25. The van der Waals surface area contributed by atoms with Crippen LogP contribution >= 0.6 is 15.9 Å². The zero-order valence-electron chi connectivity index (χ0n) is 10.7. The summed E-state index contributed by atoms with van der Waals surface area (Å²) in [5.41, 5.74) is 0.599. The van der Waals surface area contributed by atoms with E-state index in [1.165, 1.54) is 5.56 Å². The van der Waals surface area contributed by atoms with Crippen molar-refractivity contribution in [2.24, 2.45) is 0 Å². The highest BCUT2D eigenvalue weighted by Gasteiger charge is 2.29. The summed E-state index contributed by atoms with van der Waals surface area (Å²) < 4.78 is 6.38.